The van der Waals surface area contributed by atoms with Crippen molar-refractivity contribution in [1.82, 2.24) is 0 Å². The molecule has 0 radical (unpaired) electrons. The van der Waals surface area contributed by atoms with Crippen molar-refractivity contribution in [1.29, 1.82) is 0 Å². The molecule has 1 aromatic heterocycles. The first kappa shape index (κ1) is 16.5. The van der Waals surface area contributed by atoms with Gasteiger partial charge < -0.3 is 13.9 Å². The van der Waals surface area contributed by atoms with Crippen molar-refractivity contribution in [2.75, 3.05) is 13.2 Å². The van der Waals surface area contributed by atoms with Crippen LogP contribution in [-0.2, 0) is 9.47 Å². The van der Waals surface area contributed by atoms with Crippen molar-refractivity contribution in [2.24, 2.45) is 0 Å². The molecule has 4 nitrogen and oxygen atoms in total. The van der Waals surface area contributed by atoms with Crippen LogP contribution in [0.2, 0.25) is 0 Å². The van der Waals surface area contributed by atoms with Crippen LogP contribution >= 0.6 is 0 Å². The van der Waals surface area contributed by atoms with Crippen LogP contribution in [0.25, 0.3) is 11.3 Å². The number of ketones is 1. The number of furan rings is 1. The van der Waals surface area contributed by atoms with Crippen LogP contribution in [0, 0.1) is 13.8 Å². The summed E-state index contributed by atoms with van der Waals surface area (Å²) in [4.78, 5) is 12.8. The van der Waals surface area contributed by atoms with Crippen LogP contribution in [0.5, 0.6) is 0 Å². The van der Waals surface area contributed by atoms with Gasteiger partial charge in [-0.15, -0.1) is 0 Å². The molecule has 0 aliphatic rings. The highest BCUT2D eigenvalue weighted by atomic mass is 16.7. The lowest BCUT2D eigenvalue weighted by Crippen LogP contribution is -2.28. The minimum Gasteiger partial charge on any atom is -0.460 e. The first-order valence-corrected chi connectivity index (χ1v) is 7.52. The van der Waals surface area contributed by atoms with Gasteiger partial charge in [-0.3, -0.25) is 4.79 Å². The van der Waals surface area contributed by atoms with E-state index in [2.05, 4.69) is 0 Å². The first-order valence-electron chi connectivity index (χ1n) is 7.52. The van der Waals surface area contributed by atoms with Gasteiger partial charge in [0.2, 0.25) is 12.1 Å². The van der Waals surface area contributed by atoms with E-state index in [0.29, 0.717) is 24.5 Å². The Kier molecular flexibility index (Phi) is 5.52. The average Bonchev–Trinajstić information content (AvgIpc) is 2.83. The smallest absolute Gasteiger partial charge is 0.222 e. The molecule has 0 aliphatic heterocycles. The second kappa shape index (κ2) is 7.38. The Morgan fingerprint density at radius 1 is 1.09 bits per heavy atom. The number of carbonyl (C=O) groups excluding carboxylic acids is 1. The summed E-state index contributed by atoms with van der Waals surface area (Å²) in [5.74, 6) is 1.11. The lowest BCUT2D eigenvalue weighted by molar-refractivity contribution is -0.107. The second-order valence-corrected chi connectivity index (χ2v) is 4.96. The van der Waals surface area contributed by atoms with Gasteiger partial charge in [-0.1, -0.05) is 30.3 Å². The van der Waals surface area contributed by atoms with Gasteiger partial charge in [-0.2, -0.15) is 0 Å². The van der Waals surface area contributed by atoms with Gasteiger partial charge in [0.05, 0.1) is 5.56 Å². The van der Waals surface area contributed by atoms with Crippen LogP contribution in [0.3, 0.4) is 0 Å². The highest BCUT2D eigenvalue weighted by Crippen LogP contribution is 2.32. The van der Waals surface area contributed by atoms with Crippen LogP contribution in [-0.4, -0.2) is 25.3 Å². The van der Waals surface area contributed by atoms with Gasteiger partial charge in [0.25, 0.3) is 0 Å². The summed E-state index contributed by atoms with van der Waals surface area (Å²) >= 11 is 0. The lowest BCUT2D eigenvalue weighted by atomic mass is 10.0. The van der Waals surface area contributed by atoms with Crippen LogP contribution < -0.4 is 0 Å². The largest absolute Gasteiger partial charge is 0.460 e. The number of aryl methyl sites for hydroxylation is 1. The topological polar surface area (TPSA) is 48.7 Å². The lowest BCUT2D eigenvalue weighted by Gasteiger charge is -2.16. The second-order valence-electron chi connectivity index (χ2n) is 4.96. The third-order valence-corrected chi connectivity index (χ3v) is 3.52. The Labute approximate surface area is 131 Å². The molecule has 2 aromatic rings. The summed E-state index contributed by atoms with van der Waals surface area (Å²) in [5, 5.41) is 0. The third kappa shape index (κ3) is 3.29. The van der Waals surface area contributed by atoms with Crippen molar-refractivity contribution in [3.05, 3.63) is 47.2 Å². The molecular weight excluding hydrogens is 280 g/mol. The molecule has 1 heterocycles. The summed E-state index contributed by atoms with van der Waals surface area (Å²) in [5.41, 5.74) is 2.23. The molecule has 4 heteroatoms. The predicted molar refractivity (Wildman–Crippen MR) is 85.0 cm³/mol. The van der Waals surface area contributed by atoms with Gasteiger partial charge in [0.1, 0.15) is 11.5 Å². The normalized spacial score (nSPS) is 11.1. The zero-order chi connectivity index (χ0) is 16.1. The molecule has 2 rings (SSSR count). The molecule has 0 saturated heterocycles. The fraction of sp³-hybridized carbons (Fsp3) is 0.389. The number of hydrogen-bond donors (Lipinski definition) is 0. The first-order chi connectivity index (χ1) is 10.6. The molecule has 0 aliphatic carbocycles. The van der Waals surface area contributed by atoms with Gasteiger partial charge in [0, 0.05) is 24.3 Å². The molecule has 1 aromatic carbocycles. The number of benzene rings is 1. The number of ether oxygens (including phenoxy) is 2. The van der Waals surface area contributed by atoms with E-state index < -0.39 is 6.29 Å². The molecular formula is C18H22O4. The van der Waals surface area contributed by atoms with Gasteiger partial charge >= 0.3 is 0 Å². The maximum Gasteiger partial charge on any atom is 0.222 e. The molecule has 0 bridgehead atoms. The Morgan fingerprint density at radius 3 is 2.23 bits per heavy atom. The number of rotatable bonds is 7. The highest BCUT2D eigenvalue weighted by Gasteiger charge is 2.29. The summed E-state index contributed by atoms with van der Waals surface area (Å²) in [6.45, 7) is 8.23. The molecule has 0 spiro atoms. The fourth-order valence-corrected chi connectivity index (χ4v) is 2.34. The molecule has 0 fully saturated rings. The molecule has 22 heavy (non-hydrogen) atoms. The molecule has 0 N–H and O–H groups in total. The van der Waals surface area contributed by atoms with Gasteiger partial charge in [0.15, 0.2) is 0 Å². The van der Waals surface area contributed by atoms with Crippen LogP contribution in [0.15, 0.2) is 34.7 Å². The Balaban J connectivity index is 2.47. The molecule has 0 amide bonds. The standard InChI is InChI=1S/C18H22O4/c1-5-20-18(21-6-2)16(19)15-12(3)13(4)22-17(15)14-10-8-7-9-11-14/h7-11,18H,5-6H2,1-4H3. The molecule has 118 valence electrons. The van der Waals surface area contributed by atoms with E-state index in [1.165, 1.54) is 0 Å². The van der Waals surface area contributed by atoms with Crippen LogP contribution in [0.1, 0.15) is 35.5 Å². The highest BCUT2D eigenvalue weighted by molar-refractivity contribution is 6.04. The van der Waals surface area contributed by atoms with E-state index in [0.717, 1.165) is 16.9 Å². The van der Waals surface area contributed by atoms with Crippen molar-refractivity contribution < 1.29 is 18.7 Å². The maximum absolute atomic E-state index is 12.8. The Hall–Kier alpha value is -1.91. The maximum atomic E-state index is 12.8. The monoisotopic (exact) mass is 302 g/mol. The zero-order valence-electron chi connectivity index (χ0n) is 13.5. The number of carbonyl (C=O) groups is 1. The van der Waals surface area contributed by atoms with Crippen molar-refractivity contribution in [2.45, 2.75) is 34.0 Å². The van der Waals surface area contributed by atoms with Gasteiger partial charge in [-0.05, 0) is 27.7 Å². The number of hydrogen-bond acceptors (Lipinski definition) is 4. The van der Waals surface area contributed by atoms with E-state index >= 15 is 0 Å². The average molecular weight is 302 g/mol. The number of Topliss-reactive ketones (excluding diaryl/α,β-unsaturated/α-hetero) is 1. The van der Waals surface area contributed by atoms with E-state index in [-0.39, 0.29) is 5.78 Å². The van der Waals surface area contributed by atoms with Crippen molar-refractivity contribution >= 4 is 5.78 Å². The fourth-order valence-electron chi connectivity index (χ4n) is 2.34. The van der Waals surface area contributed by atoms with E-state index in [4.69, 9.17) is 13.9 Å². The van der Waals surface area contributed by atoms with E-state index in [1.54, 1.807) is 0 Å². The van der Waals surface area contributed by atoms with E-state index in [9.17, 15) is 4.79 Å². The molecule has 0 saturated carbocycles. The van der Waals surface area contributed by atoms with Crippen molar-refractivity contribution in [3.8, 4) is 11.3 Å². The molecule has 0 atom stereocenters. The molecule has 0 unspecified atom stereocenters. The zero-order valence-corrected chi connectivity index (χ0v) is 13.5. The van der Waals surface area contributed by atoms with Gasteiger partial charge in [-0.25, -0.2) is 0 Å². The van der Waals surface area contributed by atoms with Crippen LogP contribution in [0.4, 0.5) is 0 Å². The summed E-state index contributed by atoms with van der Waals surface area (Å²) in [6.07, 6.45) is -0.895. The Morgan fingerprint density at radius 2 is 1.68 bits per heavy atom. The van der Waals surface area contributed by atoms with E-state index in [1.807, 2.05) is 58.0 Å². The minimum atomic E-state index is -0.895. The quantitative estimate of drug-likeness (QED) is 0.569. The SMILES string of the molecule is CCOC(OCC)C(=O)c1c(-c2ccccc2)oc(C)c1C. The summed E-state index contributed by atoms with van der Waals surface area (Å²) < 4.78 is 16.7. The predicted octanol–water partition coefficient (Wildman–Crippen LogP) is 4.15. The summed E-state index contributed by atoms with van der Waals surface area (Å²) in [7, 11) is 0. The Bertz CT molecular complexity index is 622. The summed E-state index contributed by atoms with van der Waals surface area (Å²) in [6, 6.07) is 9.60. The minimum absolute atomic E-state index is 0.197. The third-order valence-electron chi connectivity index (χ3n) is 3.52. The van der Waals surface area contributed by atoms with Crippen molar-refractivity contribution in [3.63, 3.8) is 0 Å².